The van der Waals surface area contributed by atoms with Crippen molar-refractivity contribution in [3.63, 3.8) is 0 Å². The van der Waals surface area contributed by atoms with E-state index in [1.807, 2.05) is 23.3 Å². The summed E-state index contributed by atoms with van der Waals surface area (Å²) in [5.41, 5.74) is 2.94. The second-order valence-electron chi connectivity index (χ2n) is 5.98. The minimum atomic E-state index is -0.380. The molecule has 0 radical (unpaired) electrons. The predicted octanol–water partition coefficient (Wildman–Crippen LogP) is 1.93. The first-order chi connectivity index (χ1) is 12.1. The van der Waals surface area contributed by atoms with Crippen LogP contribution in [0.1, 0.15) is 40.7 Å². The number of ketones is 1. The normalized spacial score (nSPS) is 15.6. The Morgan fingerprint density at radius 1 is 1.24 bits per heavy atom. The fraction of sp³-hybridized carbons (Fsp3) is 0.474. The van der Waals surface area contributed by atoms with Crippen LogP contribution in [0.25, 0.3) is 0 Å². The largest absolute Gasteiger partial charge is 0.469 e. The van der Waals surface area contributed by atoms with E-state index in [1.54, 1.807) is 13.1 Å². The highest BCUT2D eigenvalue weighted by atomic mass is 16.7. The highest BCUT2D eigenvalue weighted by Crippen LogP contribution is 2.27. The van der Waals surface area contributed by atoms with Crippen molar-refractivity contribution in [3.8, 4) is 0 Å². The first-order valence-corrected chi connectivity index (χ1v) is 8.31. The van der Waals surface area contributed by atoms with Crippen LogP contribution in [0.4, 0.5) is 0 Å². The highest BCUT2D eigenvalue weighted by Gasteiger charge is 2.27. The maximum atomic E-state index is 12.2. The summed E-state index contributed by atoms with van der Waals surface area (Å²) >= 11 is 0. The number of esters is 1. The Kier molecular flexibility index (Phi) is 7.07. The van der Waals surface area contributed by atoms with Crippen LogP contribution < -0.4 is 0 Å². The zero-order valence-corrected chi connectivity index (χ0v) is 14.6. The van der Waals surface area contributed by atoms with E-state index in [0.29, 0.717) is 18.5 Å². The van der Waals surface area contributed by atoms with E-state index >= 15 is 0 Å². The van der Waals surface area contributed by atoms with Crippen LogP contribution in [0.2, 0.25) is 0 Å². The number of carbonyl (C=O) groups is 2. The van der Waals surface area contributed by atoms with E-state index in [4.69, 9.17) is 4.84 Å². The lowest BCUT2D eigenvalue weighted by Crippen LogP contribution is -2.35. The lowest BCUT2D eigenvalue weighted by Gasteiger charge is -2.25. The van der Waals surface area contributed by atoms with Crippen LogP contribution >= 0.6 is 0 Å². The van der Waals surface area contributed by atoms with Gasteiger partial charge in [0, 0.05) is 30.6 Å². The van der Waals surface area contributed by atoms with E-state index in [0.717, 1.165) is 18.4 Å². The van der Waals surface area contributed by atoms with Crippen LogP contribution in [0.15, 0.2) is 24.3 Å². The molecule has 6 nitrogen and oxygen atoms in total. The molecular weight excluding hydrogens is 322 g/mol. The van der Waals surface area contributed by atoms with Gasteiger partial charge in [0.05, 0.1) is 20.6 Å². The van der Waals surface area contributed by atoms with Gasteiger partial charge in [0.1, 0.15) is 5.94 Å². The van der Waals surface area contributed by atoms with Gasteiger partial charge in [-0.3, -0.25) is 9.59 Å². The second-order valence-corrected chi connectivity index (χ2v) is 5.98. The molecule has 1 unspecified atom stereocenters. The molecule has 0 N–H and O–H groups in total. The third kappa shape index (κ3) is 5.10. The van der Waals surface area contributed by atoms with Crippen molar-refractivity contribution in [2.24, 2.45) is 0 Å². The van der Waals surface area contributed by atoms with Crippen molar-refractivity contribution >= 4 is 17.7 Å². The number of Topliss-reactive ketones (excluding diaryl/α,β-unsaturated/α-hetero) is 1. The number of benzene rings is 1. The summed E-state index contributed by atoms with van der Waals surface area (Å²) in [6.07, 6.45) is 3.90. The van der Waals surface area contributed by atoms with Crippen molar-refractivity contribution in [2.45, 2.75) is 38.1 Å². The molecule has 0 heterocycles. The van der Waals surface area contributed by atoms with E-state index < -0.39 is 0 Å². The summed E-state index contributed by atoms with van der Waals surface area (Å²) in [7, 11) is 2.93. The Hall–Kier alpha value is -2.27. The van der Waals surface area contributed by atoms with Crippen LogP contribution in [-0.2, 0) is 32.0 Å². The molecule has 25 heavy (non-hydrogen) atoms. The Labute approximate surface area is 147 Å². The minimum absolute atomic E-state index is 0.0589. The Bertz CT molecular complexity index is 678. The number of hydrogen-bond donors (Lipinski definition) is 0. The SMILES string of the molecule is COC(=O)CCC(=O)c1ccc2c(c1)CC(N(CCC=C=O)OC)C2. The van der Waals surface area contributed by atoms with E-state index in [-0.39, 0.29) is 30.6 Å². The first kappa shape index (κ1) is 19.1. The van der Waals surface area contributed by atoms with Gasteiger partial charge in [-0.05, 0) is 36.5 Å². The third-order valence-corrected chi connectivity index (χ3v) is 4.44. The summed E-state index contributed by atoms with van der Waals surface area (Å²) < 4.78 is 4.57. The summed E-state index contributed by atoms with van der Waals surface area (Å²) in [6.45, 7) is 0.620. The van der Waals surface area contributed by atoms with Crippen molar-refractivity contribution in [1.29, 1.82) is 0 Å². The number of hydroxylamine groups is 2. The zero-order valence-electron chi connectivity index (χ0n) is 14.6. The monoisotopic (exact) mass is 345 g/mol. The number of fused-ring (bicyclic) bond motifs is 1. The smallest absolute Gasteiger partial charge is 0.305 e. The lowest BCUT2D eigenvalue weighted by atomic mass is 10.0. The van der Waals surface area contributed by atoms with Crippen LogP contribution in [0.5, 0.6) is 0 Å². The molecule has 0 spiro atoms. The molecule has 1 atom stereocenters. The van der Waals surface area contributed by atoms with Gasteiger partial charge in [-0.1, -0.05) is 12.1 Å². The van der Waals surface area contributed by atoms with Gasteiger partial charge >= 0.3 is 5.97 Å². The number of methoxy groups -OCH3 is 1. The molecule has 0 aromatic heterocycles. The zero-order chi connectivity index (χ0) is 18.2. The number of nitrogens with zero attached hydrogens (tertiary/aromatic N) is 1. The standard InChI is InChI=1S/C19H23NO5/c1-24-19(23)8-7-18(22)15-6-5-14-12-17(13-16(14)11-15)20(25-2)9-3-4-10-21/h4-6,11,17H,3,7-9,12-13H2,1-2H3. The summed E-state index contributed by atoms with van der Waals surface area (Å²) in [4.78, 5) is 39.1. The average molecular weight is 345 g/mol. The molecule has 0 aliphatic heterocycles. The molecule has 0 amide bonds. The Balaban J connectivity index is 2.00. The molecule has 0 saturated carbocycles. The van der Waals surface area contributed by atoms with E-state index in [9.17, 15) is 14.4 Å². The van der Waals surface area contributed by atoms with Crippen molar-refractivity contribution in [2.75, 3.05) is 20.8 Å². The molecule has 1 aliphatic carbocycles. The quantitative estimate of drug-likeness (QED) is 0.295. The van der Waals surface area contributed by atoms with Crippen LogP contribution in [0, 0.1) is 0 Å². The Morgan fingerprint density at radius 3 is 2.68 bits per heavy atom. The van der Waals surface area contributed by atoms with Crippen molar-refractivity contribution in [1.82, 2.24) is 5.06 Å². The van der Waals surface area contributed by atoms with Crippen molar-refractivity contribution in [3.05, 3.63) is 41.0 Å². The number of hydrogen-bond acceptors (Lipinski definition) is 6. The van der Waals surface area contributed by atoms with E-state index in [1.165, 1.54) is 18.7 Å². The topological polar surface area (TPSA) is 72.9 Å². The Morgan fingerprint density at radius 2 is 2.00 bits per heavy atom. The lowest BCUT2D eigenvalue weighted by molar-refractivity contribution is -0.158. The molecular formula is C19H23NO5. The minimum Gasteiger partial charge on any atom is -0.469 e. The molecule has 134 valence electrons. The molecule has 2 rings (SSSR count). The number of ether oxygens (including phenoxy) is 1. The number of rotatable bonds is 9. The highest BCUT2D eigenvalue weighted by molar-refractivity contribution is 5.97. The van der Waals surface area contributed by atoms with Crippen LogP contribution in [-0.4, -0.2) is 49.6 Å². The first-order valence-electron chi connectivity index (χ1n) is 8.31. The van der Waals surface area contributed by atoms with Crippen LogP contribution in [0.3, 0.4) is 0 Å². The maximum absolute atomic E-state index is 12.2. The second kappa shape index (κ2) is 9.28. The van der Waals surface area contributed by atoms with Gasteiger partial charge in [-0.2, -0.15) is 5.06 Å². The molecule has 1 aromatic carbocycles. The third-order valence-electron chi connectivity index (χ3n) is 4.44. The maximum Gasteiger partial charge on any atom is 0.305 e. The van der Waals surface area contributed by atoms with Crippen molar-refractivity contribution < 1.29 is 24.0 Å². The summed E-state index contributed by atoms with van der Waals surface area (Å²) in [6, 6.07) is 5.88. The van der Waals surface area contributed by atoms with Gasteiger partial charge in [0.2, 0.25) is 0 Å². The molecule has 0 saturated heterocycles. The molecule has 1 aromatic rings. The van der Waals surface area contributed by atoms with Gasteiger partial charge in [0.15, 0.2) is 5.78 Å². The molecule has 0 fully saturated rings. The van der Waals surface area contributed by atoms with E-state index in [2.05, 4.69) is 4.74 Å². The van der Waals surface area contributed by atoms with Gasteiger partial charge in [-0.15, -0.1) is 0 Å². The molecule has 6 heteroatoms. The average Bonchev–Trinajstić information content (AvgIpc) is 3.05. The molecule has 0 bridgehead atoms. The number of carbonyl (C=O) groups excluding carboxylic acids is 3. The summed E-state index contributed by atoms with van der Waals surface area (Å²) in [5, 5.41) is 1.87. The summed E-state index contributed by atoms with van der Waals surface area (Å²) in [5.74, 6) is 1.33. The fourth-order valence-electron chi connectivity index (χ4n) is 3.11. The van der Waals surface area contributed by atoms with Gasteiger partial charge in [-0.25, -0.2) is 4.79 Å². The van der Waals surface area contributed by atoms with Gasteiger partial charge < -0.3 is 9.57 Å². The molecule has 1 aliphatic rings. The van der Waals surface area contributed by atoms with Gasteiger partial charge in [0.25, 0.3) is 0 Å². The fourth-order valence-corrected chi connectivity index (χ4v) is 3.11. The predicted molar refractivity (Wildman–Crippen MR) is 91.8 cm³/mol.